The number of alkyl halides is 1. The average Bonchev–Trinajstić information content (AvgIpc) is 2.16. The zero-order chi connectivity index (χ0) is 9.78. The van der Waals surface area contributed by atoms with E-state index in [0.717, 1.165) is 25.7 Å². The number of hydrogen-bond acceptors (Lipinski definition) is 0. The van der Waals surface area contributed by atoms with Gasteiger partial charge in [-0.25, -0.2) is 5.11 Å². The molecule has 0 aliphatic rings. The summed E-state index contributed by atoms with van der Waals surface area (Å²) in [5.41, 5.74) is 0. The van der Waals surface area contributed by atoms with Gasteiger partial charge < -0.3 is 0 Å². The first-order valence-corrected chi connectivity index (χ1v) is 5.56. The van der Waals surface area contributed by atoms with Crippen LogP contribution in [0, 0.1) is 0 Å². The summed E-state index contributed by atoms with van der Waals surface area (Å²) in [5.74, 6) is 0. The van der Waals surface area contributed by atoms with E-state index in [1.165, 1.54) is 32.1 Å². The minimum Gasteiger partial charge on any atom is -0.251 e. The first kappa shape index (κ1) is 12.9. The van der Waals surface area contributed by atoms with Gasteiger partial charge in [0.05, 0.1) is 13.3 Å². The third kappa shape index (κ3) is 11.9. The fraction of sp³-hybridized carbons (Fsp3) is 1.00. The molecule has 0 fully saturated rings. The molecule has 0 rings (SSSR count). The molecule has 0 unspecified atom stereocenters. The molecule has 0 bridgehead atoms. The van der Waals surface area contributed by atoms with Crippen LogP contribution in [0.5, 0.6) is 0 Å². The Labute approximate surface area is 81.3 Å². The molecule has 0 aromatic heterocycles. The predicted octanol–water partition coefficient (Wildman–Crippen LogP) is 3.90. The van der Waals surface area contributed by atoms with Crippen LogP contribution in [0.25, 0.3) is 0 Å². The topological polar surface area (TPSA) is 19.9 Å². The van der Waals surface area contributed by atoms with Gasteiger partial charge in [0.25, 0.3) is 0 Å². The molecule has 0 aliphatic carbocycles. The maximum Gasteiger partial charge on any atom is 0.0894 e. The van der Waals surface area contributed by atoms with Gasteiger partial charge in [0, 0.05) is 0 Å². The van der Waals surface area contributed by atoms with Gasteiger partial charge in [-0.3, -0.25) is 4.39 Å². The molecule has 0 heterocycles. The van der Waals surface area contributed by atoms with Crippen molar-refractivity contribution in [3.05, 3.63) is 0 Å². The minimum atomic E-state index is -0.163. The Morgan fingerprint density at radius 2 is 1.00 bits per heavy atom. The maximum atomic E-state index is 11.7. The van der Waals surface area contributed by atoms with Crippen molar-refractivity contribution in [3.8, 4) is 0 Å². The Morgan fingerprint density at radius 3 is 1.38 bits per heavy atom. The predicted molar refractivity (Wildman–Crippen MR) is 53.1 cm³/mol. The first-order valence-electron chi connectivity index (χ1n) is 5.56. The Morgan fingerprint density at radius 1 is 0.615 bits per heavy atom. The third-order valence-electron chi connectivity index (χ3n) is 2.28. The van der Waals surface area contributed by atoms with Gasteiger partial charge in [0.15, 0.2) is 0 Å². The molecule has 1 radical (unpaired) electrons. The second-order valence-corrected chi connectivity index (χ2v) is 3.58. The van der Waals surface area contributed by atoms with Crippen LogP contribution in [0.3, 0.4) is 0 Å². The highest BCUT2D eigenvalue weighted by molar-refractivity contribution is 4.46. The van der Waals surface area contributed by atoms with Crippen LogP contribution in [0.1, 0.15) is 57.8 Å². The van der Waals surface area contributed by atoms with Crippen molar-refractivity contribution in [2.45, 2.75) is 57.8 Å². The molecular formula is C11H22FO. The molecule has 0 saturated carbocycles. The van der Waals surface area contributed by atoms with Gasteiger partial charge in [-0.05, 0) is 12.8 Å². The van der Waals surface area contributed by atoms with Crippen molar-refractivity contribution in [2.75, 3.05) is 13.3 Å². The molecule has 0 aliphatic heterocycles. The molecule has 0 atom stereocenters. The number of unbranched alkanes of at least 4 members (excludes halogenated alkanes) is 8. The van der Waals surface area contributed by atoms with Crippen LogP contribution in [-0.2, 0) is 5.11 Å². The highest BCUT2D eigenvalue weighted by Crippen LogP contribution is 2.09. The Kier molecular flexibility index (Phi) is 11.8. The summed E-state index contributed by atoms with van der Waals surface area (Å²) in [7, 11) is 0. The van der Waals surface area contributed by atoms with E-state index in [4.69, 9.17) is 0 Å². The minimum absolute atomic E-state index is 0.0799. The summed E-state index contributed by atoms with van der Waals surface area (Å²) in [4.78, 5) is 0. The molecule has 13 heavy (non-hydrogen) atoms. The lowest BCUT2D eigenvalue weighted by Gasteiger charge is -1.99. The molecule has 79 valence electrons. The van der Waals surface area contributed by atoms with Crippen LogP contribution in [0.2, 0.25) is 0 Å². The van der Waals surface area contributed by atoms with E-state index < -0.39 is 0 Å². The molecular weight excluding hydrogens is 167 g/mol. The SMILES string of the molecule is [O]CCCCCCCCCCCF. The van der Waals surface area contributed by atoms with Gasteiger partial charge in [-0.15, -0.1) is 0 Å². The van der Waals surface area contributed by atoms with Crippen LogP contribution >= 0.6 is 0 Å². The first-order chi connectivity index (χ1) is 6.41. The number of hydrogen-bond donors (Lipinski definition) is 0. The monoisotopic (exact) mass is 189 g/mol. The van der Waals surface area contributed by atoms with Crippen molar-refractivity contribution in [2.24, 2.45) is 0 Å². The standard InChI is InChI=1S/C11H22FO/c12-10-8-6-4-2-1-3-5-7-9-11-13/h1-11H2. The third-order valence-corrected chi connectivity index (χ3v) is 2.28. The zero-order valence-corrected chi connectivity index (χ0v) is 8.56. The molecule has 0 spiro atoms. The number of halogens is 1. The van der Waals surface area contributed by atoms with Gasteiger partial charge in [0.2, 0.25) is 0 Å². The number of rotatable bonds is 10. The molecule has 0 aromatic rings. The summed E-state index contributed by atoms with van der Waals surface area (Å²) in [6.07, 6.45) is 9.80. The van der Waals surface area contributed by atoms with Gasteiger partial charge in [-0.1, -0.05) is 44.9 Å². The highest BCUT2D eigenvalue weighted by atomic mass is 19.1. The molecule has 0 amide bonds. The molecule has 0 saturated heterocycles. The summed E-state index contributed by atoms with van der Waals surface area (Å²) < 4.78 is 11.7. The smallest absolute Gasteiger partial charge is 0.0894 e. The van der Waals surface area contributed by atoms with Crippen molar-refractivity contribution >= 4 is 0 Å². The van der Waals surface area contributed by atoms with E-state index in [1.54, 1.807) is 0 Å². The molecule has 0 N–H and O–H groups in total. The van der Waals surface area contributed by atoms with E-state index in [9.17, 15) is 9.50 Å². The normalized spacial score (nSPS) is 10.6. The van der Waals surface area contributed by atoms with Gasteiger partial charge in [-0.2, -0.15) is 0 Å². The van der Waals surface area contributed by atoms with Crippen LogP contribution in [0.4, 0.5) is 4.39 Å². The van der Waals surface area contributed by atoms with Gasteiger partial charge in [0.1, 0.15) is 0 Å². The Bertz CT molecular complexity index is 76.2. The summed E-state index contributed by atoms with van der Waals surface area (Å²) >= 11 is 0. The fourth-order valence-electron chi connectivity index (χ4n) is 1.43. The van der Waals surface area contributed by atoms with E-state index >= 15 is 0 Å². The van der Waals surface area contributed by atoms with E-state index in [0.29, 0.717) is 0 Å². The van der Waals surface area contributed by atoms with Crippen molar-refractivity contribution in [1.29, 1.82) is 0 Å². The lowest BCUT2D eigenvalue weighted by atomic mass is 10.1. The second-order valence-electron chi connectivity index (χ2n) is 3.58. The lowest BCUT2D eigenvalue weighted by molar-refractivity contribution is 0.186. The van der Waals surface area contributed by atoms with Crippen molar-refractivity contribution in [3.63, 3.8) is 0 Å². The molecule has 0 aromatic carbocycles. The highest BCUT2D eigenvalue weighted by Gasteiger charge is 1.91. The Hall–Kier alpha value is -0.110. The summed E-state index contributed by atoms with van der Waals surface area (Å²) in [6, 6.07) is 0. The van der Waals surface area contributed by atoms with Crippen LogP contribution in [0.15, 0.2) is 0 Å². The van der Waals surface area contributed by atoms with Crippen molar-refractivity contribution < 1.29 is 9.50 Å². The zero-order valence-electron chi connectivity index (χ0n) is 8.56. The largest absolute Gasteiger partial charge is 0.251 e. The van der Waals surface area contributed by atoms with E-state index in [1.807, 2.05) is 0 Å². The fourth-order valence-corrected chi connectivity index (χ4v) is 1.43. The molecule has 1 nitrogen and oxygen atoms in total. The van der Waals surface area contributed by atoms with E-state index in [-0.39, 0.29) is 13.3 Å². The Balaban J connectivity index is 2.76. The van der Waals surface area contributed by atoms with Crippen LogP contribution in [-0.4, -0.2) is 13.3 Å². The second kappa shape index (κ2) is 11.9. The average molecular weight is 189 g/mol. The quantitative estimate of drug-likeness (QED) is 0.464. The molecule has 2 heteroatoms. The summed E-state index contributed by atoms with van der Waals surface area (Å²) in [6.45, 7) is -0.0833. The lowest BCUT2D eigenvalue weighted by Crippen LogP contribution is -1.84. The van der Waals surface area contributed by atoms with Crippen LogP contribution < -0.4 is 0 Å². The maximum absolute atomic E-state index is 11.7. The van der Waals surface area contributed by atoms with Gasteiger partial charge >= 0.3 is 0 Å². The summed E-state index contributed by atoms with van der Waals surface area (Å²) in [5, 5.41) is 10.1. The van der Waals surface area contributed by atoms with Crippen molar-refractivity contribution in [1.82, 2.24) is 0 Å². The van der Waals surface area contributed by atoms with E-state index in [2.05, 4.69) is 0 Å².